The molecular weight excluding hydrogens is 322 g/mol. The summed E-state index contributed by atoms with van der Waals surface area (Å²) in [5.41, 5.74) is 0. The van der Waals surface area contributed by atoms with E-state index in [1.54, 1.807) is 0 Å². The van der Waals surface area contributed by atoms with Gasteiger partial charge in [0.15, 0.2) is 0 Å². The highest BCUT2D eigenvalue weighted by atomic mass is 35.5. The molecule has 0 aliphatic heterocycles. The minimum atomic E-state index is -0.451. The Bertz CT molecular complexity index is 628. The van der Waals surface area contributed by atoms with Gasteiger partial charge in [0, 0.05) is 12.6 Å². The van der Waals surface area contributed by atoms with E-state index in [9.17, 15) is 5.11 Å². The van der Waals surface area contributed by atoms with Crippen LogP contribution in [0.25, 0.3) is 10.8 Å². The quantitative estimate of drug-likeness (QED) is 0.840. The average molecular weight is 349 g/mol. The first-order valence-electron chi connectivity index (χ1n) is 8.72. The molecule has 2 aromatic rings. The zero-order chi connectivity index (χ0) is 16.1. The van der Waals surface area contributed by atoms with Crippen molar-refractivity contribution in [1.29, 1.82) is 0 Å². The van der Waals surface area contributed by atoms with Gasteiger partial charge in [0.05, 0.1) is 0 Å². The number of aliphatic hydroxyl groups excluding tert-OH is 1. The molecule has 1 saturated carbocycles. The molecule has 0 radical (unpaired) electrons. The Morgan fingerprint density at radius 1 is 1.08 bits per heavy atom. The lowest BCUT2D eigenvalue weighted by atomic mass is 9.94. The maximum absolute atomic E-state index is 10.3. The number of hydrogen-bond donors (Lipinski definition) is 1. The van der Waals surface area contributed by atoms with Crippen molar-refractivity contribution in [2.75, 3.05) is 20.2 Å². The third kappa shape index (κ3) is 5.10. The Hall–Kier alpha value is -1.29. The van der Waals surface area contributed by atoms with E-state index in [1.165, 1.54) is 42.9 Å². The van der Waals surface area contributed by atoms with E-state index < -0.39 is 6.10 Å². The SMILES string of the molecule is CN(CC(O)COc1ccc2ccccc2c1)C1CCCCC1.[Cl-]. The van der Waals surface area contributed by atoms with Gasteiger partial charge in [0.2, 0.25) is 0 Å². The first kappa shape index (κ1) is 19.0. The van der Waals surface area contributed by atoms with Crippen molar-refractivity contribution in [2.45, 2.75) is 44.2 Å². The molecule has 0 bridgehead atoms. The van der Waals surface area contributed by atoms with Crippen LogP contribution in [0.5, 0.6) is 5.75 Å². The number of rotatable bonds is 6. The molecule has 1 aliphatic rings. The molecule has 0 heterocycles. The van der Waals surface area contributed by atoms with Crippen molar-refractivity contribution in [2.24, 2.45) is 0 Å². The first-order valence-corrected chi connectivity index (χ1v) is 8.72. The van der Waals surface area contributed by atoms with Gasteiger partial charge in [-0.2, -0.15) is 0 Å². The number of fused-ring (bicyclic) bond motifs is 1. The van der Waals surface area contributed by atoms with Crippen LogP contribution in [0.4, 0.5) is 0 Å². The number of halogens is 1. The molecule has 0 saturated heterocycles. The van der Waals surface area contributed by atoms with Gasteiger partial charge < -0.3 is 27.2 Å². The predicted molar refractivity (Wildman–Crippen MR) is 95.0 cm³/mol. The zero-order valence-corrected chi connectivity index (χ0v) is 15.1. The molecule has 1 fully saturated rings. The number of nitrogens with zero attached hydrogens (tertiary/aromatic N) is 1. The summed E-state index contributed by atoms with van der Waals surface area (Å²) in [4.78, 5) is 2.30. The maximum Gasteiger partial charge on any atom is 0.120 e. The molecule has 24 heavy (non-hydrogen) atoms. The zero-order valence-electron chi connectivity index (χ0n) is 14.3. The molecule has 3 nitrogen and oxygen atoms in total. The molecule has 0 spiro atoms. The van der Waals surface area contributed by atoms with Crippen LogP contribution in [-0.2, 0) is 0 Å². The molecule has 3 rings (SSSR count). The number of ether oxygens (including phenoxy) is 1. The summed E-state index contributed by atoms with van der Waals surface area (Å²) in [5, 5.41) is 12.6. The highest BCUT2D eigenvalue weighted by molar-refractivity contribution is 5.83. The van der Waals surface area contributed by atoms with Gasteiger partial charge in [-0.25, -0.2) is 0 Å². The monoisotopic (exact) mass is 348 g/mol. The van der Waals surface area contributed by atoms with Crippen molar-refractivity contribution in [3.05, 3.63) is 42.5 Å². The molecule has 0 aromatic heterocycles. The van der Waals surface area contributed by atoms with Gasteiger partial charge in [-0.05, 0) is 42.8 Å². The molecule has 0 amide bonds. The van der Waals surface area contributed by atoms with E-state index in [0.717, 1.165) is 5.75 Å². The fraction of sp³-hybridized carbons (Fsp3) is 0.500. The normalized spacial score (nSPS) is 16.8. The second kappa shape index (κ2) is 9.26. The van der Waals surface area contributed by atoms with Crippen molar-refractivity contribution in [3.63, 3.8) is 0 Å². The van der Waals surface area contributed by atoms with E-state index >= 15 is 0 Å². The highest BCUT2D eigenvalue weighted by Gasteiger charge is 2.20. The van der Waals surface area contributed by atoms with Gasteiger partial charge in [0.1, 0.15) is 18.5 Å². The van der Waals surface area contributed by atoms with Gasteiger partial charge in [-0.15, -0.1) is 0 Å². The molecule has 2 aromatic carbocycles. The Morgan fingerprint density at radius 2 is 1.79 bits per heavy atom. The fourth-order valence-corrected chi connectivity index (χ4v) is 3.51. The van der Waals surface area contributed by atoms with Gasteiger partial charge in [-0.1, -0.05) is 49.6 Å². The van der Waals surface area contributed by atoms with Crippen LogP contribution >= 0.6 is 0 Å². The van der Waals surface area contributed by atoms with Crippen molar-refractivity contribution < 1.29 is 22.3 Å². The largest absolute Gasteiger partial charge is 1.00 e. The number of likely N-dealkylation sites (N-methyl/N-ethyl adjacent to an activating group) is 1. The minimum absolute atomic E-state index is 0. The second-order valence-electron chi connectivity index (χ2n) is 6.71. The average Bonchev–Trinajstić information content (AvgIpc) is 2.60. The summed E-state index contributed by atoms with van der Waals surface area (Å²) < 4.78 is 5.79. The lowest BCUT2D eigenvalue weighted by Gasteiger charge is -2.32. The number of benzene rings is 2. The number of hydrogen-bond acceptors (Lipinski definition) is 3. The molecule has 132 valence electrons. The van der Waals surface area contributed by atoms with Gasteiger partial charge in [-0.3, -0.25) is 0 Å². The van der Waals surface area contributed by atoms with Crippen LogP contribution in [0.15, 0.2) is 42.5 Å². The van der Waals surface area contributed by atoms with Crippen molar-refractivity contribution >= 4 is 10.8 Å². The van der Waals surface area contributed by atoms with Crippen LogP contribution in [0, 0.1) is 0 Å². The van der Waals surface area contributed by atoms with Crippen molar-refractivity contribution in [1.82, 2.24) is 4.90 Å². The van der Waals surface area contributed by atoms with E-state index in [0.29, 0.717) is 19.2 Å². The van der Waals surface area contributed by atoms with Crippen LogP contribution in [0.2, 0.25) is 0 Å². The standard InChI is InChI=1S/C20H27NO2.ClH/c1-21(18-9-3-2-4-10-18)14-19(22)15-23-20-12-11-16-7-5-6-8-17(16)13-20;/h5-8,11-13,18-19,22H,2-4,9-10,14-15H2,1H3;1H/p-1. The Morgan fingerprint density at radius 3 is 2.54 bits per heavy atom. The molecule has 4 heteroatoms. The fourth-order valence-electron chi connectivity index (χ4n) is 3.51. The second-order valence-corrected chi connectivity index (χ2v) is 6.71. The summed E-state index contributed by atoms with van der Waals surface area (Å²) in [5.74, 6) is 0.822. The van der Waals surface area contributed by atoms with Crippen LogP contribution in [0.1, 0.15) is 32.1 Å². The summed E-state index contributed by atoms with van der Waals surface area (Å²) in [7, 11) is 2.12. The van der Waals surface area contributed by atoms with Crippen LogP contribution in [0.3, 0.4) is 0 Å². The Labute approximate surface area is 151 Å². The third-order valence-corrected chi connectivity index (χ3v) is 4.86. The molecular formula is C20H27ClNO2-. The van der Waals surface area contributed by atoms with E-state index in [-0.39, 0.29) is 12.4 Å². The Kier molecular flexibility index (Phi) is 7.35. The molecule has 1 unspecified atom stereocenters. The molecule has 1 N–H and O–H groups in total. The van der Waals surface area contributed by atoms with Crippen LogP contribution in [-0.4, -0.2) is 42.4 Å². The van der Waals surface area contributed by atoms with Gasteiger partial charge >= 0.3 is 0 Å². The number of aliphatic hydroxyl groups is 1. The molecule has 1 aliphatic carbocycles. The van der Waals surface area contributed by atoms with E-state index in [2.05, 4.69) is 30.1 Å². The summed E-state index contributed by atoms with van der Waals surface area (Å²) >= 11 is 0. The lowest BCUT2D eigenvalue weighted by molar-refractivity contribution is -0.00000699. The third-order valence-electron chi connectivity index (χ3n) is 4.86. The van der Waals surface area contributed by atoms with E-state index in [1.807, 2.05) is 24.3 Å². The van der Waals surface area contributed by atoms with Crippen molar-refractivity contribution in [3.8, 4) is 5.75 Å². The summed E-state index contributed by atoms with van der Waals surface area (Å²) in [6, 6.07) is 14.9. The first-order chi connectivity index (χ1) is 11.2. The smallest absolute Gasteiger partial charge is 0.120 e. The van der Waals surface area contributed by atoms with Gasteiger partial charge in [0.25, 0.3) is 0 Å². The maximum atomic E-state index is 10.3. The summed E-state index contributed by atoms with van der Waals surface area (Å²) in [6.45, 7) is 1.02. The molecule has 1 atom stereocenters. The predicted octanol–water partition coefficient (Wildman–Crippen LogP) is 0.848. The summed E-state index contributed by atoms with van der Waals surface area (Å²) in [6.07, 6.45) is 6.06. The Balaban J connectivity index is 0.00000208. The topological polar surface area (TPSA) is 32.7 Å². The van der Waals surface area contributed by atoms with E-state index in [4.69, 9.17) is 4.74 Å². The lowest BCUT2D eigenvalue weighted by Crippen LogP contribution is -3.00. The minimum Gasteiger partial charge on any atom is -1.00 e. The van der Waals surface area contributed by atoms with Crippen LogP contribution < -0.4 is 17.1 Å². The highest BCUT2D eigenvalue weighted by Crippen LogP contribution is 2.22.